The number of rotatable bonds is 17. The van der Waals surface area contributed by atoms with Gasteiger partial charge in [0, 0.05) is 34.2 Å². The van der Waals surface area contributed by atoms with Crippen molar-refractivity contribution in [1.29, 1.82) is 5.26 Å². The maximum absolute atomic E-state index is 13.9. The quantitative estimate of drug-likeness (QED) is 0.233. The van der Waals surface area contributed by atoms with E-state index in [0.717, 1.165) is 12.0 Å². The van der Waals surface area contributed by atoms with Gasteiger partial charge in [-0.25, -0.2) is 4.79 Å². The molecule has 12 nitrogen and oxygen atoms in total. The summed E-state index contributed by atoms with van der Waals surface area (Å²) in [6, 6.07) is 9.11. The molecule has 256 valence electrons. The molecule has 1 heterocycles. The summed E-state index contributed by atoms with van der Waals surface area (Å²) in [5, 5.41) is 24.2. The van der Waals surface area contributed by atoms with Gasteiger partial charge in [-0.3, -0.25) is 14.4 Å². The molecule has 0 unspecified atom stereocenters. The van der Waals surface area contributed by atoms with E-state index in [9.17, 15) is 29.5 Å². The minimum absolute atomic E-state index is 0.0110. The van der Waals surface area contributed by atoms with Crippen molar-refractivity contribution in [2.24, 2.45) is 17.8 Å². The number of carboxylic acid groups (broad SMARTS) is 1. The molecule has 1 aliphatic rings. The largest absolute Gasteiger partial charge is 0.465 e. The molecule has 1 aliphatic heterocycles. The van der Waals surface area contributed by atoms with Crippen molar-refractivity contribution < 1.29 is 33.8 Å². The lowest BCUT2D eigenvalue weighted by atomic mass is 9.89. The number of hydrogen-bond donors (Lipinski definition) is 3. The average molecular weight is 644 g/mol. The smallest absolute Gasteiger partial charge is 0.405 e. The van der Waals surface area contributed by atoms with E-state index in [1.807, 2.05) is 44.2 Å². The number of likely N-dealkylation sites (N-methyl/N-ethyl adjacent to an activating group) is 1. The van der Waals surface area contributed by atoms with Crippen LogP contribution in [0.5, 0.6) is 0 Å². The van der Waals surface area contributed by atoms with Crippen LogP contribution in [0.3, 0.4) is 0 Å². The highest BCUT2D eigenvalue weighted by Gasteiger charge is 2.43. The normalized spacial score (nSPS) is 19.2. The fourth-order valence-electron chi connectivity index (χ4n) is 6.45. The van der Waals surface area contributed by atoms with Gasteiger partial charge in [0.05, 0.1) is 42.7 Å². The zero-order valence-corrected chi connectivity index (χ0v) is 28.6. The van der Waals surface area contributed by atoms with Crippen LogP contribution in [-0.4, -0.2) is 103 Å². The van der Waals surface area contributed by atoms with Crippen LogP contribution in [0.4, 0.5) is 4.79 Å². The highest BCUT2D eigenvalue weighted by atomic mass is 16.5. The number of nitrogens with zero attached hydrogens (tertiary/aromatic N) is 3. The number of methoxy groups -OCH3 is 2. The molecule has 1 aromatic rings. The molecule has 0 aliphatic carbocycles. The predicted octanol–water partition coefficient (Wildman–Crippen LogP) is 3.45. The predicted molar refractivity (Wildman–Crippen MR) is 174 cm³/mol. The first kappa shape index (κ1) is 38.5. The molecule has 1 fully saturated rings. The number of likely N-dealkylation sites (tertiary alicyclic amines) is 1. The fraction of sp³-hybridized carbons (Fsp3) is 0.676. The Balaban J connectivity index is 2.21. The van der Waals surface area contributed by atoms with Gasteiger partial charge in [0.2, 0.25) is 17.7 Å². The Bertz CT molecular complexity index is 1190. The number of carbonyl (C=O) groups is 4. The van der Waals surface area contributed by atoms with E-state index >= 15 is 0 Å². The van der Waals surface area contributed by atoms with Gasteiger partial charge in [-0.05, 0) is 30.2 Å². The summed E-state index contributed by atoms with van der Waals surface area (Å²) < 4.78 is 11.7. The summed E-state index contributed by atoms with van der Waals surface area (Å²) in [6.07, 6.45) is -0.0986. The van der Waals surface area contributed by atoms with Gasteiger partial charge < -0.3 is 35.0 Å². The minimum atomic E-state index is -1.28. The lowest BCUT2D eigenvalue weighted by molar-refractivity contribution is -0.147. The summed E-state index contributed by atoms with van der Waals surface area (Å²) in [6.45, 7) is 9.74. The Morgan fingerprint density at radius 1 is 1.09 bits per heavy atom. The van der Waals surface area contributed by atoms with E-state index in [1.165, 1.54) is 19.1 Å². The molecule has 1 aromatic carbocycles. The van der Waals surface area contributed by atoms with Crippen LogP contribution in [0.2, 0.25) is 0 Å². The summed E-state index contributed by atoms with van der Waals surface area (Å²) in [7, 11) is 4.66. The highest BCUT2D eigenvalue weighted by molar-refractivity contribution is 5.86. The maximum Gasteiger partial charge on any atom is 0.405 e. The maximum atomic E-state index is 13.9. The summed E-state index contributed by atoms with van der Waals surface area (Å²) >= 11 is 0. The van der Waals surface area contributed by atoms with E-state index in [-0.39, 0.29) is 36.1 Å². The molecule has 0 bridgehead atoms. The molecule has 2 rings (SSSR count). The third kappa shape index (κ3) is 10.2. The van der Waals surface area contributed by atoms with Gasteiger partial charge >= 0.3 is 6.09 Å². The van der Waals surface area contributed by atoms with Crippen LogP contribution in [0.15, 0.2) is 30.3 Å². The van der Waals surface area contributed by atoms with E-state index in [1.54, 1.807) is 32.7 Å². The van der Waals surface area contributed by atoms with E-state index < -0.39 is 48.3 Å². The van der Waals surface area contributed by atoms with Gasteiger partial charge in [0.25, 0.3) is 0 Å². The number of hydrogen-bond acceptors (Lipinski definition) is 7. The van der Waals surface area contributed by atoms with Crippen molar-refractivity contribution in [1.82, 2.24) is 20.4 Å². The first-order valence-corrected chi connectivity index (χ1v) is 16.2. The van der Waals surface area contributed by atoms with Crippen molar-refractivity contribution >= 4 is 23.8 Å². The Morgan fingerprint density at radius 3 is 2.26 bits per heavy atom. The molecule has 4 amide bonds. The van der Waals surface area contributed by atoms with Crippen LogP contribution < -0.4 is 10.6 Å². The van der Waals surface area contributed by atoms with Crippen LogP contribution in [0.1, 0.15) is 65.9 Å². The van der Waals surface area contributed by atoms with Crippen molar-refractivity contribution in [3.05, 3.63) is 35.9 Å². The van der Waals surface area contributed by atoms with Crippen LogP contribution >= 0.6 is 0 Å². The van der Waals surface area contributed by atoms with Gasteiger partial charge in [-0.1, -0.05) is 71.4 Å². The third-order valence-electron chi connectivity index (χ3n) is 9.23. The fourth-order valence-corrected chi connectivity index (χ4v) is 6.45. The number of nitrogens with one attached hydrogen (secondary N) is 2. The molecule has 46 heavy (non-hydrogen) atoms. The number of carbonyl (C=O) groups excluding carboxylic acids is 3. The second kappa shape index (κ2) is 18.5. The molecule has 8 atom stereocenters. The lowest BCUT2D eigenvalue weighted by Gasteiger charge is -2.40. The molecule has 0 spiro atoms. The van der Waals surface area contributed by atoms with Crippen LogP contribution in [0.25, 0.3) is 0 Å². The summed E-state index contributed by atoms with van der Waals surface area (Å²) in [5.41, 5.74) is 0.937. The summed E-state index contributed by atoms with van der Waals surface area (Å²) in [5.74, 6) is -1.88. The topological polar surface area (TPSA) is 161 Å². The zero-order valence-electron chi connectivity index (χ0n) is 28.6. The van der Waals surface area contributed by atoms with Gasteiger partial charge in [0.15, 0.2) is 0 Å². The molecule has 1 saturated heterocycles. The number of nitriles is 1. The summed E-state index contributed by atoms with van der Waals surface area (Å²) in [4.78, 5) is 55.5. The Hall–Kier alpha value is -3.69. The third-order valence-corrected chi connectivity index (χ3v) is 9.23. The number of benzene rings is 1. The Kier molecular flexibility index (Phi) is 15.4. The average Bonchev–Trinajstić information content (AvgIpc) is 3.52. The van der Waals surface area contributed by atoms with Gasteiger partial charge in [0.1, 0.15) is 12.1 Å². The van der Waals surface area contributed by atoms with Gasteiger partial charge in [-0.15, -0.1) is 0 Å². The Labute approximate surface area is 273 Å². The van der Waals surface area contributed by atoms with Crippen molar-refractivity contribution in [3.63, 3.8) is 0 Å². The molecular formula is C34H53N5O7. The van der Waals surface area contributed by atoms with Crippen molar-refractivity contribution in [2.75, 3.05) is 27.8 Å². The molecule has 0 radical (unpaired) electrons. The molecule has 12 heteroatoms. The number of ether oxygens (including phenoxy) is 2. The first-order valence-electron chi connectivity index (χ1n) is 16.2. The monoisotopic (exact) mass is 643 g/mol. The minimum Gasteiger partial charge on any atom is -0.465 e. The standard InChI is InChI=1S/C34H53N5O7/c1-9-22(4)30(38(6)33(42)29(21(2)3)37-34(43)44)27(45-7)19-28(40)39-17-13-16-26(39)31(46-8)23(5)32(41)36-25(20-35)18-24-14-11-10-12-15-24/h10-12,14-15,21-23,25-27,29-31,37H,9,13,16-19H2,1-8H3,(H,36,41)(H,43,44)/t22-,23+,25-,26-,27-,29-,30-,31+/m0/s1. The molecule has 0 aromatic heterocycles. The van der Waals surface area contributed by atoms with Crippen LogP contribution in [-0.2, 0) is 30.3 Å². The van der Waals surface area contributed by atoms with E-state index in [4.69, 9.17) is 9.47 Å². The molecule has 0 saturated carbocycles. The van der Waals surface area contributed by atoms with E-state index in [0.29, 0.717) is 25.8 Å². The SMILES string of the molecule is CC[C@H](C)[C@@H]([C@H](CC(=O)N1CCC[C@H]1[C@H](OC)[C@@H](C)C(=O)N[C@H](C#N)Cc1ccccc1)OC)N(C)C(=O)[C@@H](NC(=O)O)C(C)C. The second-order valence-corrected chi connectivity index (χ2v) is 12.6. The molecule has 3 N–H and O–H groups in total. The first-order chi connectivity index (χ1) is 21.8. The lowest BCUT2D eigenvalue weighted by Crippen LogP contribution is -2.57. The van der Waals surface area contributed by atoms with Gasteiger partial charge in [-0.2, -0.15) is 5.26 Å². The number of amides is 4. The van der Waals surface area contributed by atoms with Crippen LogP contribution in [0, 0.1) is 29.1 Å². The Morgan fingerprint density at radius 2 is 1.74 bits per heavy atom. The second-order valence-electron chi connectivity index (χ2n) is 12.6. The molecular weight excluding hydrogens is 590 g/mol. The van der Waals surface area contributed by atoms with Crippen molar-refractivity contribution in [2.45, 2.75) is 103 Å². The zero-order chi connectivity index (χ0) is 34.6. The highest BCUT2D eigenvalue weighted by Crippen LogP contribution is 2.29. The van der Waals surface area contributed by atoms with Crippen molar-refractivity contribution in [3.8, 4) is 6.07 Å². The van der Waals surface area contributed by atoms with E-state index in [2.05, 4.69) is 16.7 Å².